The van der Waals surface area contributed by atoms with Gasteiger partial charge >= 0.3 is 0 Å². The molecule has 0 radical (unpaired) electrons. The fourth-order valence-electron chi connectivity index (χ4n) is 1.50. The summed E-state index contributed by atoms with van der Waals surface area (Å²) in [6.45, 7) is 4.02. The molecule has 6 nitrogen and oxygen atoms in total. The Morgan fingerprint density at radius 1 is 1.56 bits per heavy atom. The van der Waals surface area contributed by atoms with Crippen molar-refractivity contribution < 1.29 is 4.92 Å². The number of unbranched alkanes of at least 4 members (excludes halogenated alkanes) is 2. The lowest BCUT2D eigenvalue weighted by molar-refractivity contribution is -0.520. The van der Waals surface area contributed by atoms with Crippen molar-refractivity contribution in [1.29, 1.82) is 0 Å². The predicted molar refractivity (Wildman–Crippen MR) is 59.7 cm³/mol. The van der Waals surface area contributed by atoms with E-state index in [2.05, 4.69) is 17.2 Å². The zero-order chi connectivity index (χ0) is 12.0. The molecule has 0 saturated carbocycles. The SMILES string of the molecule is CCCCCc1cnnn1CC(C)[N+](=O)[O-]. The second kappa shape index (κ2) is 6.19. The lowest BCUT2D eigenvalue weighted by Crippen LogP contribution is -2.23. The van der Waals surface area contributed by atoms with E-state index in [1.807, 2.05) is 0 Å². The summed E-state index contributed by atoms with van der Waals surface area (Å²) in [4.78, 5) is 10.2. The van der Waals surface area contributed by atoms with E-state index in [-0.39, 0.29) is 4.92 Å². The minimum atomic E-state index is -0.619. The van der Waals surface area contributed by atoms with Gasteiger partial charge in [0.15, 0.2) is 0 Å². The molecule has 0 fully saturated rings. The van der Waals surface area contributed by atoms with Crippen molar-refractivity contribution in [2.24, 2.45) is 0 Å². The summed E-state index contributed by atoms with van der Waals surface area (Å²) in [5.74, 6) is 0. The molecule has 0 N–H and O–H groups in total. The van der Waals surface area contributed by atoms with E-state index in [9.17, 15) is 10.1 Å². The van der Waals surface area contributed by atoms with E-state index in [4.69, 9.17) is 0 Å². The molecule has 0 aliphatic rings. The molecule has 90 valence electrons. The molecular formula is C10H18N4O2. The van der Waals surface area contributed by atoms with E-state index in [0.29, 0.717) is 6.54 Å². The third-order valence-corrected chi connectivity index (χ3v) is 2.53. The molecule has 1 atom stereocenters. The highest BCUT2D eigenvalue weighted by molar-refractivity contribution is 4.94. The maximum atomic E-state index is 10.5. The van der Waals surface area contributed by atoms with Crippen LogP contribution in [-0.2, 0) is 13.0 Å². The van der Waals surface area contributed by atoms with Gasteiger partial charge in [-0.1, -0.05) is 25.0 Å². The Balaban J connectivity index is 2.53. The Bertz CT molecular complexity index is 337. The number of hydrogen-bond acceptors (Lipinski definition) is 4. The quantitative estimate of drug-likeness (QED) is 0.402. The van der Waals surface area contributed by atoms with Gasteiger partial charge in [-0.3, -0.25) is 10.1 Å². The third kappa shape index (κ3) is 3.60. The summed E-state index contributed by atoms with van der Waals surface area (Å²) in [6.07, 6.45) is 5.99. The highest BCUT2D eigenvalue weighted by Gasteiger charge is 2.16. The summed E-state index contributed by atoms with van der Waals surface area (Å²) >= 11 is 0. The van der Waals surface area contributed by atoms with Crippen LogP contribution in [0.4, 0.5) is 0 Å². The van der Waals surface area contributed by atoms with Crippen molar-refractivity contribution in [3.8, 4) is 0 Å². The van der Waals surface area contributed by atoms with Crippen LogP contribution in [0.1, 0.15) is 38.8 Å². The smallest absolute Gasteiger partial charge is 0.229 e. The van der Waals surface area contributed by atoms with Crippen molar-refractivity contribution in [2.75, 3.05) is 0 Å². The second-order valence-corrected chi connectivity index (χ2v) is 4.00. The molecule has 0 aliphatic carbocycles. The van der Waals surface area contributed by atoms with Crippen molar-refractivity contribution in [2.45, 2.75) is 52.1 Å². The van der Waals surface area contributed by atoms with Crippen LogP contribution >= 0.6 is 0 Å². The van der Waals surface area contributed by atoms with Crippen LogP contribution in [0.5, 0.6) is 0 Å². The minimum absolute atomic E-state index is 0.294. The molecule has 0 aliphatic heterocycles. The minimum Gasteiger partial charge on any atom is -0.264 e. The van der Waals surface area contributed by atoms with Crippen LogP contribution in [0.15, 0.2) is 6.20 Å². The van der Waals surface area contributed by atoms with Gasteiger partial charge in [-0.05, 0) is 12.8 Å². The molecule has 1 heterocycles. The molecule has 0 aromatic carbocycles. The number of rotatable bonds is 7. The molecule has 1 aromatic rings. The fraction of sp³-hybridized carbons (Fsp3) is 0.800. The Kier molecular flexibility index (Phi) is 4.88. The molecule has 1 rings (SSSR count). The van der Waals surface area contributed by atoms with E-state index in [1.54, 1.807) is 17.8 Å². The average Bonchev–Trinajstić information content (AvgIpc) is 2.66. The summed E-state index contributed by atoms with van der Waals surface area (Å²) in [6, 6.07) is -0.619. The Morgan fingerprint density at radius 2 is 2.31 bits per heavy atom. The van der Waals surface area contributed by atoms with Gasteiger partial charge in [0.1, 0.15) is 6.54 Å². The lowest BCUT2D eigenvalue weighted by Gasteiger charge is -2.07. The highest BCUT2D eigenvalue weighted by atomic mass is 16.6. The van der Waals surface area contributed by atoms with Crippen LogP contribution < -0.4 is 0 Å². The third-order valence-electron chi connectivity index (χ3n) is 2.53. The maximum Gasteiger partial charge on any atom is 0.229 e. The topological polar surface area (TPSA) is 73.8 Å². The summed E-state index contributed by atoms with van der Waals surface area (Å²) in [7, 11) is 0. The zero-order valence-electron chi connectivity index (χ0n) is 9.80. The molecule has 6 heteroatoms. The first kappa shape index (κ1) is 12.6. The molecule has 0 bridgehead atoms. The largest absolute Gasteiger partial charge is 0.264 e. The van der Waals surface area contributed by atoms with Crippen molar-refractivity contribution in [3.63, 3.8) is 0 Å². The summed E-state index contributed by atoms with van der Waals surface area (Å²) in [5.41, 5.74) is 0.988. The molecule has 0 saturated heterocycles. The predicted octanol–water partition coefficient (Wildman–Crippen LogP) is 1.68. The van der Waals surface area contributed by atoms with Gasteiger partial charge in [-0.15, -0.1) is 5.10 Å². The standard InChI is InChI=1S/C10H18N4O2/c1-3-4-5-6-10-7-11-12-13(10)8-9(2)14(15)16/h7,9H,3-6,8H2,1-2H3. The van der Waals surface area contributed by atoms with Crippen LogP contribution in [-0.4, -0.2) is 26.0 Å². The average molecular weight is 226 g/mol. The van der Waals surface area contributed by atoms with Gasteiger partial charge in [0.2, 0.25) is 6.04 Å². The summed E-state index contributed by atoms with van der Waals surface area (Å²) < 4.78 is 1.64. The molecule has 1 aromatic heterocycles. The first-order valence-electron chi connectivity index (χ1n) is 5.66. The number of aromatic nitrogens is 3. The number of aryl methyl sites for hydroxylation is 1. The molecule has 0 spiro atoms. The van der Waals surface area contributed by atoms with Crippen molar-refractivity contribution >= 4 is 0 Å². The van der Waals surface area contributed by atoms with E-state index in [0.717, 1.165) is 31.4 Å². The van der Waals surface area contributed by atoms with Gasteiger partial charge in [0, 0.05) is 11.8 Å². The molecule has 16 heavy (non-hydrogen) atoms. The normalized spacial score (nSPS) is 12.6. The van der Waals surface area contributed by atoms with Gasteiger partial charge in [0.25, 0.3) is 0 Å². The number of hydrogen-bond donors (Lipinski definition) is 0. The summed E-state index contributed by atoms with van der Waals surface area (Å²) in [5, 5.41) is 18.2. The number of nitro groups is 1. The molecular weight excluding hydrogens is 208 g/mol. The molecule has 0 amide bonds. The van der Waals surface area contributed by atoms with Crippen LogP contribution in [0.3, 0.4) is 0 Å². The highest BCUT2D eigenvalue weighted by Crippen LogP contribution is 2.06. The van der Waals surface area contributed by atoms with Crippen LogP contribution in [0.25, 0.3) is 0 Å². The van der Waals surface area contributed by atoms with Gasteiger partial charge in [-0.25, -0.2) is 4.68 Å². The Labute approximate surface area is 94.8 Å². The Morgan fingerprint density at radius 3 is 2.94 bits per heavy atom. The zero-order valence-corrected chi connectivity index (χ0v) is 9.80. The monoisotopic (exact) mass is 226 g/mol. The number of nitrogens with zero attached hydrogens (tertiary/aromatic N) is 4. The van der Waals surface area contributed by atoms with Gasteiger partial charge < -0.3 is 0 Å². The van der Waals surface area contributed by atoms with E-state index in [1.165, 1.54) is 0 Å². The van der Waals surface area contributed by atoms with Crippen molar-refractivity contribution in [3.05, 3.63) is 22.0 Å². The first-order valence-corrected chi connectivity index (χ1v) is 5.66. The van der Waals surface area contributed by atoms with Gasteiger partial charge in [-0.2, -0.15) is 0 Å². The molecule has 1 unspecified atom stereocenters. The van der Waals surface area contributed by atoms with Gasteiger partial charge in [0.05, 0.1) is 11.9 Å². The fourth-order valence-corrected chi connectivity index (χ4v) is 1.50. The Hall–Kier alpha value is -1.46. The first-order chi connectivity index (χ1) is 7.65. The van der Waals surface area contributed by atoms with Crippen molar-refractivity contribution in [1.82, 2.24) is 15.0 Å². The maximum absolute atomic E-state index is 10.5. The lowest BCUT2D eigenvalue weighted by atomic mass is 10.1. The van der Waals surface area contributed by atoms with Crippen LogP contribution in [0.2, 0.25) is 0 Å². The van der Waals surface area contributed by atoms with E-state index >= 15 is 0 Å². The van der Waals surface area contributed by atoms with Crippen LogP contribution in [0, 0.1) is 10.1 Å². The van der Waals surface area contributed by atoms with E-state index < -0.39 is 6.04 Å². The second-order valence-electron chi connectivity index (χ2n) is 4.00.